The second-order valence-corrected chi connectivity index (χ2v) is 5.53. The van der Waals surface area contributed by atoms with Gasteiger partial charge in [0, 0.05) is 37.5 Å². The van der Waals surface area contributed by atoms with Crippen LogP contribution in [0.4, 0.5) is 0 Å². The number of ether oxygens (including phenoxy) is 1. The molecule has 0 spiro atoms. The molecule has 3 nitrogen and oxygen atoms in total. The quantitative estimate of drug-likeness (QED) is 0.593. The molecule has 0 bridgehead atoms. The van der Waals surface area contributed by atoms with Gasteiger partial charge in [0.25, 0.3) is 0 Å². The molecule has 18 heavy (non-hydrogen) atoms. The largest absolute Gasteiger partial charge is 0.379 e. The summed E-state index contributed by atoms with van der Waals surface area (Å²) in [7, 11) is 0. The number of carbonyl (C=O) groups excluding carboxylic acids is 1. The SMILES string of the molecule is CC(C)COCCn1cc2c(c1)C(=O)CCCC2. The molecule has 0 unspecified atom stereocenters. The molecule has 0 N–H and O–H groups in total. The third-order valence-electron chi connectivity index (χ3n) is 3.31. The Bertz CT molecular complexity index is 407. The second kappa shape index (κ2) is 6.19. The zero-order valence-electron chi connectivity index (χ0n) is 11.4. The maximum Gasteiger partial charge on any atom is 0.164 e. The molecule has 3 heteroatoms. The predicted octanol–water partition coefficient (Wildman–Crippen LogP) is 3.07. The summed E-state index contributed by atoms with van der Waals surface area (Å²) in [5.41, 5.74) is 2.16. The van der Waals surface area contributed by atoms with E-state index >= 15 is 0 Å². The summed E-state index contributed by atoms with van der Waals surface area (Å²) in [6.45, 7) is 6.67. The van der Waals surface area contributed by atoms with E-state index < -0.39 is 0 Å². The van der Waals surface area contributed by atoms with E-state index in [1.807, 2.05) is 6.20 Å². The summed E-state index contributed by atoms with van der Waals surface area (Å²) in [5, 5.41) is 0. The van der Waals surface area contributed by atoms with Crippen molar-refractivity contribution >= 4 is 5.78 Å². The third-order valence-corrected chi connectivity index (χ3v) is 3.31. The zero-order valence-corrected chi connectivity index (χ0v) is 11.4. The van der Waals surface area contributed by atoms with Gasteiger partial charge in [0.15, 0.2) is 5.78 Å². The molecule has 0 aromatic carbocycles. The van der Waals surface area contributed by atoms with Crippen LogP contribution < -0.4 is 0 Å². The molecule has 1 aliphatic rings. The van der Waals surface area contributed by atoms with Gasteiger partial charge in [0.1, 0.15) is 0 Å². The highest BCUT2D eigenvalue weighted by Crippen LogP contribution is 2.21. The Kier molecular flexibility index (Phi) is 4.59. The van der Waals surface area contributed by atoms with Gasteiger partial charge in [-0.3, -0.25) is 4.79 Å². The highest BCUT2D eigenvalue weighted by atomic mass is 16.5. The lowest BCUT2D eigenvalue weighted by Gasteiger charge is -2.07. The summed E-state index contributed by atoms with van der Waals surface area (Å²) in [5.74, 6) is 0.886. The first-order valence-corrected chi connectivity index (χ1v) is 6.96. The highest BCUT2D eigenvalue weighted by Gasteiger charge is 2.17. The van der Waals surface area contributed by atoms with E-state index in [0.29, 0.717) is 18.1 Å². The van der Waals surface area contributed by atoms with Crippen molar-refractivity contribution in [2.45, 2.75) is 46.1 Å². The fourth-order valence-electron chi connectivity index (χ4n) is 2.36. The molecule has 0 radical (unpaired) electrons. The van der Waals surface area contributed by atoms with Gasteiger partial charge in [-0.1, -0.05) is 13.8 Å². The number of nitrogens with zero attached hydrogens (tertiary/aromatic N) is 1. The van der Waals surface area contributed by atoms with Crippen molar-refractivity contribution in [3.8, 4) is 0 Å². The van der Waals surface area contributed by atoms with Crippen molar-refractivity contribution in [1.82, 2.24) is 4.57 Å². The van der Waals surface area contributed by atoms with Crippen molar-refractivity contribution in [1.29, 1.82) is 0 Å². The summed E-state index contributed by atoms with van der Waals surface area (Å²) in [6.07, 6.45) is 8.04. The number of rotatable bonds is 5. The maximum absolute atomic E-state index is 11.9. The van der Waals surface area contributed by atoms with Crippen molar-refractivity contribution in [2.75, 3.05) is 13.2 Å². The van der Waals surface area contributed by atoms with Gasteiger partial charge < -0.3 is 9.30 Å². The molecule has 1 aromatic heterocycles. The molecule has 1 heterocycles. The van der Waals surface area contributed by atoms with Gasteiger partial charge in [-0.15, -0.1) is 0 Å². The second-order valence-electron chi connectivity index (χ2n) is 5.53. The van der Waals surface area contributed by atoms with Gasteiger partial charge in [-0.2, -0.15) is 0 Å². The molecule has 0 saturated heterocycles. The van der Waals surface area contributed by atoms with Crippen LogP contribution in [0.1, 0.15) is 49.0 Å². The maximum atomic E-state index is 11.9. The third kappa shape index (κ3) is 3.45. The van der Waals surface area contributed by atoms with Crippen molar-refractivity contribution < 1.29 is 9.53 Å². The Morgan fingerprint density at radius 1 is 1.28 bits per heavy atom. The number of aryl methyl sites for hydroxylation is 1. The fourth-order valence-corrected chi connectivity index (χ4v) is 2.36. The Balaban J connectivity index is 1.91. The Morgan fingerprint density at radius 2 is 2.06 bits per heavy atom. The first-order valence-electron chi connectivity index (χ1n) is 6.96. The molecule has 1 aromatic rings. The minimum Gasteiger partial charge on any atom is -0.379 e. The lowest BCUT2D eigenvalue weighted by molar-refractivity contribution is 0.0979. The molecule has 0 aliphatic heterocycles. The first-order chi connectivity index (χ1) is 8.66. The summed E-state index contributed by atoms with van der Waals surface area (Å²) < 4.78 is 7.68. The minimum atomic E-state index is 0.310. The van der Waals surface area contributed by atoms with Crippen LogP contribution >= 0.6 is 0 Å². The van der Waals surface area contributed by atoms with Crippen LogP contribution in [0, 0.1) is 5.92 Å². The average Bonchev–Trinajstić information content (AvgIpc) is 2.66. The molecule has 0 saturated carbocycles. The van der Waals surface area contributed by atoms with Gasteiger partial charge in [0.2, 0.25) is 0 Å². The highest BCUT2D eigenvalue weighted by molar-refractivity contribution is 5.97. The monoisotopic (exact) mass is 249 g/mol. The average molecular weight is 249 g/mol. The van der Waals surface area contributed by atoms with E-state index in [0.717, 1.165) is 44.6 Å². The van der Waals surface area contributed by atoms with Gasteiger partial charge in [0.05, 0.1) is 6.61 Å². The van der Waals surface area contributed by atoms with Crippen molar-refractivity contribution in [3.63, 3.8) is 0 Å². The normalized spacial score (nSPS) is 15.8. The lowest BCUT2D eigenvalue weighted by Crippen LogP contribution is -2.08. The van der Waals surface area contributed by atoms with Crippen LogP contribution in [0.3, 0.4) is 0 Å². The number of Topliss-reactive ketones (excluding diaryl/α,β-unsaturated/α-hetero) is 1. The van der Waals surface area contributed by atoms with E-state index in [2.05, 4.69) is 24.6 Å². The zero-order chi connectivity index (χ0) is 13.0. The van der Waals surface area contributed by atoms with E-state index in [-0.39, 0.29) is 0 Å². The van der Waals surface area contributed by atoms with Gasteiger partial charge in [-0.05, 0) is 30.7 Å². The number of carbonyl (C=O) groups is 1. The Morgan fingerprint density at radius 3 is 2.83 bits per heavy atom. The number of fused-ring (bicyclic) bond motifs is 1. The van der Waals surface area contributed by atoms with Crippen LogP contribution in [-0.4, -0.2) is 23.6 Å². The van der Waals surface area contributed by atoms with Crippen LogP contribution in [-0.2, 0) is 17.7 Å². The number of aromatic nitrogens is 1. The van der Waals surface area contributed by atoms with Crippen molar-refractivity contribution in [2.24, 2.45) is 5.92 Å². The first kappa shape index (κ1) is 13.3. The van der Waals surface area contributed by atoms with E-state index in [9.17, 15) is 4.79 Å². The standard InChI is InChI=1S/C15H23NO2/c1-12(2)11-18-8-7-16-9-13-5-3-4-6-15(17)14(13)10-16/h9-10,12H,3-8,11H2,1-2H3. The molecule has 100 valence electrons. The summed E-state index contributed by atoms with van der Waals surface area (Å²) in [4.78, 5) is 11.9. The predicted molar refractivity (Wildman–Crippen MR) is 72.0 cm³/mol. The number of ketones is 1. The fraction of sp³-hybridized carbons (Fsp3) is 0.667. The molecular weight excluding hydrogens is 226 g/mol. The van der Waals surface area contributed by atoms with Crippen LogP contribution in [0.5, 0.6) is 0 Å². The number of hydrogen-bond donors (Lipinski definition) is 0. The molecule has 2 rings (SSSR count). The van der Waals surface area contributed by atoms with Crippen LogP contribution in [0.25, 0.3) is 0 Å². The van der Waals surface area contributed by atoms with Gasteiger partial charge in [-0.25, -0.2) is 0 Å². The van der Waals surface area contributed by atoms with E-state index in [1.165, 1.54) is 5.56 Å². The molecule has 1 aliphatic carbocycles. The van der Waals surface area contributed by atoms with E-state index in [1.54, 1.807) is 0 Å². The van der Waals surface area contributed by atoms with E-state index in [4.69, 9.17) is 4.74 Å². The van der Waals surface area contributed by atoms with Crippen LogP contribution in [0.2, 0.25) is 0 Å². The van der Waals surface area contributed by atoms with Gasteiger partial charge >= 0.3 is 0 Å². The summed E-state index contributed by atoms with van der Waals surface area (Å²) in [6, 6.07) is 0. The molecular formula is C15H23NO2. The summed E-state index contributed by atoms with van der Waals surface area (Å²) >= 11 is 0. The number of hydrogen-bond acceptors (Lipinski definition) is 2. The minimum absolute atomic E-state index is 0.310. The Hall–Kier alpha value is -1.09. The Labute approximate surface area is 109 Å². The van der Waals surface area contributed by atoms with Crippen molar-refractivity contribution in [3.05, 3.63) is 23.5 Å². The topological polar surface area (TPSA) is 31.2 Å². The molecule has 0 amide bonds. The smallest absolute Gasteiger partial charge is 0.164 e. The van der Waals surface area contributed by atoms with Crippen LogP contribution in [0.15, 0.2) is 12.4 Å². The lowest BCUT2D eigenvalue weighted by atomic mass is 10.1. The molecule has 0 atom stereocenters. The molecule has 0 fully saturated rings.